The molecule has 2 aromatic carbocycles. The van der Waals surface area contributed by atoms with Gasteiger partial charge in [0.2, 0.25) is 5.91 Å². The van der Waals surface area contributed by atoms with Gasteiger partial charge in [-0.15, -0.1) is 0 Å². The maximum absolute atomic E-state index is 14.0. The smallest absolute Gasteiger partial charge is 0.260 e. The van der Waals surface area contributed by atoms with Crippen LogP contribution in [-0.2, 0) is 4.79 Å². The van der Waals surface area contributed by atoms with Gasteiger partial charge in [-0.05, 0) is 56.5 Å². The zero-order valence-electron chi connectivity index (χ0n) is 19.2. The fourth-order valence-electron chi connectivity index (χ4n) is 3.79. The summed E-state index contributed by atoms with van der Waals surface area (Å²) < 4.78 is 0. The van der Waals surface area contributed by atoms with Crippen LogP contribution >= 0.6 is 11.6 Å². The van der Waals surface area contributed by atoms with Crippen LogP contribution in [0.25, 0.3) is 10.8 Å². The highest BCUT2D eigenvalue weighted by Crippen LogP contribution is 2.34. The quantitative estimate of drug-likeness (QED) is 0.384. The summed E-state index contributed by atoms with van der Waals surface area (Å²) in [6.45, 7) is 5.69. The Bertz CT molecular complexity index is 1310. The van der Waals surface area contributed by atoms with Gasteiger partial charge in [0, 0.05) is 23.3 Å². The van der Waals surface area contributed by atoms with Crippen molar-refractivity contribution >= 4 is 39.9 Å². The van der Waals surface area contributed by atoms with Crippen LogP contribution in [0.15, 0.2) is 85.2 Å². The van der Waals surface area contributed by atoms with Gasteiger partial charge >= 0.3 is 0 Å². The van der Waals surface area contributed by atoms with Gasteiger partial charge in [-0.2, -0.15) is 0 Å². The first kappa shape index (κ1) is 23.4. The van der Waals surface area contributed by atoms with Crippen molar-refractivity contribution in [2.75, 3.05) is 4.90 Å². The Hall–Kier alpha value is -3.77. The third-order valence-electron chi connectivity index (χ3n) is 5.19. The number of amides is 2. The molecule has 0 saturated carbocycles. The normalized spacial score (nSPS) is 12.2. The predicted octanol–water partition coefficient (Wildman–Crippen LogP) is 5.59. The highest BCUT2D eigenvalue weighted by molar-refractivity contribution is 6.29. The summed E-state index contributed by atoms with van der Waals surface area (Å²) in [7, 11) is 0. The number of fused-ring (bicyclic) bond motifs is 1. The molecule has 2 aromatic heterocycles. The molecule has 2 amide bonds. The molecule has 7 heteroatoms. The lowest BCUT2D eigenvalue weighted by Gasteiger charge is -2.33. The molecule has 0 saturated heterocycles. The summed E-state index contributed by atoms with van der Waals surface area (Å²) in [5.74, 6) is -0.727. The van der Waals surface area contributed by atoms with Crippen LogP contribution in [-0.4, -0.2) is 27.3 Å². The Labute approximate surface area is 203 Å². The second-order valence-electron chi connectivity index (χ2n) is 8.94. The van der Waals surface area contributed by atoms with Crippen molar-refractivity contribution in [1.29, 1.82) is 0 Å². The van der Waals surface area contributed by atoms with Crippen molar-refractivity contribution in [2.24, 2.45) is 0 Å². The van der Waals surface area contributed by atoms with Crippen LogP contribution in [0.3, 0.4) is 0 Å². The molecule has 1 atom stereocenters. The summed E-state index contributed by atoms with van der Waals surface area (Å²) in [4.78, 5) is 37.8. The van der Waals surface area contributed by atoms with E-state index in [1.165, 1.54) is 11.1 Å². The Balaban J connectivity index is 1.96. The monoisotopic (exact) mass is 472 g/mol. The Morgan fingerprint density at radius 2 is 1.65 bits per heavy atom. The minimum absolute atomic E-state index is 0.278. The number of halogens is 1. The van der Waals surface area contributed by atoms with E-state index in [-0.39, 0.29) is 17.0 Å². The van der Waals surface area contributed by atoms with Crippen LogP contribution in [0.1, 0.15) is 42.9 Å². The molecule has 4 aromatic rings. The summed E-state index contributed by atoms with van der Waals surface area (Å²) in [5, 5.41) is 5.08. The van der Waals surface area contributed by atoms with E-state index in [1.54, 1.807) is 36.5 Å². The molecular formula is C27H25ClN4O2. The van der Waals surface area contributed by atoms with Crippen LogP contribution in [0.4, 0.5) is 5.69 Å². The standard InChI is InChI=1S/C27H25ClN4O2/c1-27(2,3)31-25(33)24(21-12-6-7-16-29-21)32(26(34)19-14-15-23(28)30-17-19)22-13-8-10-18-9-4-5-11-20(18)22/h4-17,24H,1-3H3,(H,31,33)/t24-/m0/s1. The maximum Gasteiger partial charge on any atom is 0.260 e. The topological polar surface area (TPSA) is 75.2 Å². The van der Waals surface area contributed by atoms with Gasteiger partial charge < -0.3 is 5.32 Å². The molecule has 1 N–H and O–H groups in total. The number of hydrogen-bond acceptors (Lipinski definition) is 4. The summed E-state index contributed by atoms with van der Waals surface area (Å²) in [6.07, 6.45) is 3.03. The molecule has 2 heterocycles. The van der Waals surface area contributed by atoms with Gasteiger partial charge in [-0.3, -0.25) is 19.5 Å². The number of nitrogens with zero attached hydrogens (tertiary/aromatic N) is 3. The molecule has 172 valence electrons. The first-order valence-corrected chi connectivity index (χ1v) is 11.3. The molecule has 0 aliphatic carbocycles. The van der Waals surface area contributed by atoms with Gasteiger partial charge in [0.15, 0.2) is 6.04 Å². The maximum atomic E-state index is 14.0. The van der Waals surface area contributed by atoms with Crippen molar-refractivity contribution in [3.63, 3.8) is 0 Å². The molecule has 4 rings (SSSR count). The van der Waals surface area contributed by atoms with Gasteiger partial charge in [0.1, 0.15) is 5.15 Å². The highest BCUT2D eigenvalue weighted by atomic mass is 35.5. The molecule has 0 aliphatic rings. The molecule has 0 fully saturated rings. The Morgan fingerprint density at radius 1 is 0.912 bits per heavy atom. The fraction of sp³-hybridized carbons (Fsp3) is 0.185. The second kappa shape index (κ2) is 9.61. The lowest BCUT2D eigenvalue weighted by molar-refractivity contribution is -0.124. The molecule has 6 nitrogen and oxygen atoms in total. The number of benzene rings is 2. The number of nitrogens with one attached hydrogen (secondary N) is 1. The van der Waals surface area contributed by atoms with Crippen LogP contribution in [0.2, 0.25) is 5.15 Å². The predicted molar refractivity (Wildman–Crippen MR) is 135 cm³/mol. The first-order chi connectivity index (χ1) is 16.2. The highest BCUT2D eigenvalue weighted by Gasteiger charge is 2.36. The Morgan fingerprint density at radius 3 is 2.32 bits per heavy atom. The number of rotatable bonds is 5. The van der Waals surface area contributed by atoms with Gasteiger partial charge in [-0.1, -0.05) is 54.1 Å². The van der Waals surface area contributed by atoms with E-state index < -0.39 is 11.6 Å². The zero-order chi connectivity index (χ0) is 24.3. The molecule has 0 radical (unpaired) electrons. The number of carbonyl (C=O) groups excluding carboxylic acids is 2. The van der Waals surface area contributed by atoms with E-state index in [2.05, 4.69) is 15.3 Å². The number of aromatic nitrogens is 2. The van der Waals surface area contributed by atoms with E-state index in [4.69, 9.17) is 11.6 Å². The zero-order valence-corrected chi connectivity index (χ0v) is 20.0. The third-order valence-corrected chi connectivity index (χ3v) is 5.42. The van der Waals surface area contributed by atoms with E-state index in [1.807, 2.05) is 63.2 Å². The number of pyridine rings is 2. The Kier molecular flexibility index (Phi) is 6.61. The van der Waals surface area contributed by atoms with E-state index in [9.17, 15) is 9.59 Å². The molecular weight excluding hydrogens is 448 g/mol. The molecule has 0 spiro atoms. The minimum atomic E-state index is -1.02. The molecule has 0 bridgehead atoms. The average molecular weight is 473 g/mol. The first-order valence-electron chi connectivity index (χ1n) is 10.9. The summed E-state index contributed by atoms with van der Waals surface area (Å²) in [5.41, 5.74) is 0.839. The molecule has 0 unspecified atom stereocenters. The van der Waals surface area contributed by atoms with Crippen molar-refractivity contribution in [1.82, 2.24) is 15.3 Å². The second-order valence-corrected chi connectivity index (χ2v) is 9.33. The molecule has 34 heavy (non-hydrogen) atoms. The van der Waals surface area contributed by atoms with Crippen LogP contribution in [0, 0.1) is 0 Å². The fourth-order valence-corrected chi connectivity index (χ4v) is 3.90. The van der Waals surface area contributed by atoms with Crippen molar-refractivity contribution < 1.29 is 9.59 Å². The van der Waals surface area contributed by atoms with E-state index in [0.717, 1.165) is 10.8 Å². The molecule has 0 aliphatic heterocycles. The van der Waals surface area contributed by atoms with Crippen molar-refractivity contribution in [3.8, 4) is 0 Å². The summed E-state index contributed by atoms with van der Waals surface area (Å²) >= 11 is 5.96. The van der Waals surface area contributed by atoms with E-state index >= 15 is 0 Å². The van der Waals surface area contributed by atoms with Crippen LogP contribution < -0.4 is 10.2 Å². The number of anilines is 1. The summed E-state index contributed by atoms with van der Waals surface area (Å²) in [6, 6.07) is 20.9. The van der Waals surface area contributed by atoms with Gasteiger partial charge in [-0.25, -0.2) is 4.98 Å². The lowest BCUT2D eigenvalue weighted by Crippen LogP contribution is -2.49. The van der Waals surface area contributed by atoms with Gasteiger partial charge in [0.05, 0.1) is 16.9 Å². The number of hydrogen-bond donors (Lipinski definition) is 1. The van der Waals surface area contributed by atoms with Gasteiger partial charge in [0.25, 0.3) is 5.91 Å². The third kappa shape index (κ3) is 5.07. The number of carbonyl (C=O) groups is 2. The lowest BCUT2D eigenvalue weighted by atomic mass is 10.0. The van der Waals surface area contributed by atoms with Crippen LogP contribution in [0.5, 0.6) is 0 Å². The average Bonchev–Trinajstić information content (AvgIpc) is 2.81. The van der Waals surface area contributed by atoms with Crippen molar-refractivity contribution in [3.05, 3.63) is 102 Å². The van der Waals surface area contributed by atoms with Crippen molar-refractivity contribution in [2.45, 2.75) is 32.4 Å². The largest absolute Gasteiger partial charge is 0.349 e. The van der Waals surface area contributed by atoms with E-state index in [0.29, 0.717) is 16.9 Å². The minimum Gasteiger partial charge on any atom is -0.349 e. The SMILES string of the molecule is CC(C)(C)NC(=O)[C@H](c1ccccn1)N(C(=O)c1ccc(Cl)nc1)c1cccc2ccccc12.